The number of carbonyl (C=O) groups excluding carboxylic acids is 1. The van der Waals surface area contributed by atoms with Gasteiger partial charge in [0.25, 0.3) is 5.91 Å². The van der Waals surface area contributed by atoms with E-state index in [2.05, 4.69) is 27.5 Å². The molecule has 2 N–H and O–H groups in total. The highest BCUT2D eigenvalue weighted by Crippen LogP contribution is 2.16. The van der Waals surface area contributed by atoms with Crippen molar-refractivity contribution >= 4 is 23.3 Å². The minimum atomic E-state index is -0.302. The van der Waals surface area contributed by atoms with Crippen molar-refractivity contribution in [3.63, 3.8) is 0 Å². The number of nitrogens with zero attached hydrogens (tertiary/aromatic N) is 2. The van der Waals surface area contributed by atoms with Gasteiger partial charge in [-0.1, -0.05) is 24.6 Å². The maximum atomic E-state index is 12.2. The SMILES string of the molecule is CCCNc1ccc(Cl)c(C(=O)NCc2cccnc2)n1. The van der Waals surface area contributed by atoms with Crippen molar-refractivity contribution in [1.82, 2.24) is 15.3 Å². The maximum Gasteiger partial charge on any atom is 0.271 e. The molecule has 1 amide bonds. The van der Waals surface area contributed by atoms with Crippen LogP contribution in [0.4, 0.5) is 5.82 Å². The number of halogens is 1. The van der Waals surface area contributed by atoms with E-state index in [9.17, 15) is 4.79 Å². The largest absolute Gasteiger partial charge is 0.370 e. The fourth-order valence-electron chi connectivity index (χ4n) is 1.72. The molecule has 0 aliphatic heterocycles. The Morgan fingerprint density at radius 2 is 2.19 bits per heavy atom. The number of hydrogen-bond acceptors (Lipinski definition) is 4. The molecule has 0 fully saturated rings. The Balaban J connectivity index is 2.04. The van der Waals surface area contributed by atoms with Crippen LogP contribution in [-0.2, 0) is 6.54 Å². The summed E-state index contributed by atoms with van der Waals surface area (Å²) in [7, 11) is 0. The van der Waals surface area contributed by atoms with Crippen molar-refractivity contribution in [3.8, 4) is 0 Å². The molecule has 0 saturated heterocycles. The van der Waals surface area contributed by atoms with Crippen molar-refractivity contribution < 1.29 is 4.79 Å². The van der Waals surface area contributed by atoms with Gasteiger partial charge in [-0.2, -0.15) is 0 Å². The van der Waals surface area contributed by atoms with Crippen LogP contribution in [0.5, 0.6) is 0 Å². The number of aromatic nitrogens is 2. The first kappa shape index (κ1) is 15.3. The molecule has 2 aromatic rings. The molecule has 0 saturated carbocycles. The van der Waals surface area contributed by atoms with Gasteiger partial charge in [0.05, 0.1) is 5.02 Å². The van der Waals surface area contributed by atoms with Gasteiger partial charge in [-0.3, -0.25) is 9.78 Å². The van der Waals surface area contributed by atoms with Gasteiger partial charge in [-0.15, -0.1) is 0 Å². The lowest BCUT2D eigenvalue weighted by Gasteiger charge is -2.09. The van der Waals surface area contributed by atoms with Crippen LogP contribution < -0.4 is 10.6 Å². The van der Waals surface area contributed by atoms with E-state index in [4.69, 9.17) is 11.6 Å². The van der Waals surface area contributed by atoms with E-state index in [0.717, 1.165) is 18.5 Å². The van der Waals surface area contributed by atoms with E-state index in [0.29, 0.717) is 17.4 Å². The van der Waals surface area contributed by atoms with E-state index in [-0.39, 0.29) is 11.6 Å². The van der Waals surface area contributed by atoms with E-state index >= 15 is 0 Å². The van der Waals surface area contributed by atoms with Gasteiger partial charge >= 0.3 is 0 Å². The molecule has 0 unspecified atom stereocenters. The number of carbonyl (C=O) groups is 1. The maximum absolute atomic E-state index is 12.2. The summed E-state index contributed by atoms with van der Waals surface area (Å²) in [6.45, 7) is 3.24. The molecule has 5 nitrogen and oxygen atoms in total. The van der Waals surface area contributed by atoms with Gasteiger partial charge in [0, 0.05) is 25.5 Å². The third-order valence-corrected chi connectivity index (χ3v) is 3.10. The quantitative estimate of drug-likeness (QED) is 0.861. The summed E-state index contributed by atoms with van der Waals surface area (Å²) >= 11 is 6.04. The standard InChI is InChI=1S/C15H17ClN4O/c1-2-7-18-13-6-5-12(16)14(20-13)15(21)19-10-11-4-3-8-17-9-11/h3-6,8-9H,2,7,10H2,1H3,(H,18,20)(H,19,21). The number of amides is 1. The summed E-state index contributed by atoms with van der Waals surface area (Å²) in [5.41, 5.74) is 1.14. The van der Waals surface area contributed by atoms with Crippen LogP contribution in [0.15, 0.2) is 36.7 Å². The Kier molecular flexibility index (Phi) is 5.51. The minimum Gasteiger partial charge on any atom is -0.370 e. The molecule has 0 spiro atoms. The minimum absolute atomic E-state index is 0.224. The van der Waals surface area contributed by atoms with E-state index in [1.807, 2.05) is 12.1 Å². The molecule has 2 heterocycles. The summed E-state index contributed by atoms with van der Waals surface area (Å²) in [5, 5.41) is 6.25. The third-order valence-electron chi connectivity index (χ3n) is 2.79. The van der Waals surface area contributed by atoms with Crippen LogP contribution in [0.25, 0.3) is 0 Å². The summed E-state index contributed by atoms with van der Waals surface area (Å²) in [5.74, 6) is 0.344. The normalized spacial score (nSPS) is 10.2. The third kappa shape index (κ3) is 4.43. The highest BCUT2D eigenvalue weighted by atomic mass is 35.5. The molecule has 110 valence electrons. The lowest BCUT2D eigenvalue weighted by molar-refractivity contribution is 0.0946. The smallest absolute Gasteiger partial charge is 0.271 e. The Morgan fingerprint density at radius 1 is 1.33 bits per heavy atom. The zero-order chi connectivity index (χ0) is 15.1. The predicted octanol–water partition coefficient (Wildman–Crippen LogP) is 2.88. The second-order valence-electron chi connectivity index (χ2n) is 4.50. The second kappa shape index (κ2) is 7.59. The molecule has 2 rings (SSSR count). The molecule has 0 bridgehead atoms. The van der Waals surface area contributed by atoms with Gasteiger partial charge in [0.2, 0.25) is 0 Å². The van der Waals surface area contributed by atoms with E-state index < -0.39 is 0 Å². The van der Waals surface area contributed by atoms with Gasteiger partial charge < -0.3 is 10.6 Å². The second-order valence-corrected chi connectivity index (χ2v) is 4.90. The first-order valence-electron chi connectivity index (χ1n) is 6.78. The van der Waals surface area contributed by atoms with Gasteiger partial charge in [-0.25, -0.2) is 4.98 Å². The van der Waals surface area contributed by atoms with Crippen LogP contribution in [0.3, 0.4) is 0 Å². The van der Waals surface area contributed by atoms with Crippen LogP contribution >= 0.6 is 11.6 Å². The molecule has 2 aromatic heterocycles. The number of pyridine rings is 2. The molecule has 0 atom stereocenters. The lowest BCUT2D eigenvalue weighted by Crippen LogP contribution is -2.24. The molecule has 0 aromatic carbocycles. The summed E-state index contributed by atoms with van der Waals surface area (Å²) in [4.78, 5) is 20.4. The molecule has 6 heteroatoms. The number of hydrogen-bond donors (Lipinski definition) is 2. The van der Waals surface area contributed by atoms with Gasteiger partial charge in [0.15, 0.2) is 0 Å². The van der Waals surface area contributed by atoms with Crippen molar-refractivity contribution in [3.05, 3.63) is 52.9 Å². The molecular weight excluding hydrogens is 288 g/mol. The lowest BCUT2D eigenvalue weighted by atomic mass is 10.2. The highest BCUT2D eigenvalue weighted by Gasteiger charge is 2.13. The van der Waals surface area contributed by atoms with Crippen LogP contribution in [0.2, 0.25) is 5.02 Å². The van der Waals surface area contributed by atoms with E-state index in [1.165, 1.54) is 0 Å². The van der Waals surface area contributed by atoms with Crippen LogP contribution in [0.1, 0.15) is 29.4 Å². The highest BCUT2D eigenvalue weighted by molar-refractivity contribution is 6.33. The summed E-state index contributed by atoms with van der Waals surface area (Å²) in [6, 6.07) is 7.14. The van der Waals surface area contributed by atoms with Gasteiger partial charge in [-0.05, 0) is 30.2 Å². The first-order chi connectivity index (χ1) is 10.2. The Labute approximate surface area is 128 Å². The topological polar surface area (TPSA) is 66.9 Å². The average Bonchev–Trinajstić information content (AvgIpc) is 2.53. The Morgan fingerprint density at radius 3 is 2.90 bits per heavy atom. The molecule has 21 heavy (non-hydrogen) atoms. The fraction of sp³-hybridized carbons (Fsp3) is 0.267. The van der Waals surface area contributed by atoms with E-state index in [1.54, 1.807) is 24.5 Å². The monoisotopic (exact) mass is 304 g/mol. The molecule has 0 aliphatic carbocycles. The molecular formula is C15H17ClN4O. The summed E-state index contributed by atoms with van der Waals surface area (Å²) in [6.07, 6.45) is 4.37. The molecule has 0 radical (unpaired) electrons. The van der Waals surface area contributed by atoms with Crippen molar-refractivity contribution in [1.29, 1.82) is 0 Å². The number of rotatable bonds is 6. The predicted molar refractivity (Wildman–Crippen MR) is 83.4 cm³/mol. The van der Waals surface area contributed by atoms with Crippen LogP contribution in [-0.4, -0.2) is 22.4 Å². The average molecular weight is 305 g/mol. The zero-order valence-electron chi connectivity index (χ0n) is 11.8. The fourth-order valence-corrected chi connectivity index (χ4v) is 1.91. The molecule has 0 aliphatic rings. The first-order valence-corrected chi connectivity index (χ1v) is 7.16. The Hall–Kier alpha value is -2.14. The number of nitrogens with one attached hydrogen (secondary N) is 2. The van der Waals surface area contributed by atoms with Crippen molar-refractivity contribution in [2.24, 2.45) is 0 Å². The number of anilines is 1. The zero-order valence-corrected chi connectivity index (χ0v) is 12.5. The van der Waals surface area contributed by atoms with Crippen LogP contribution in [0, 0.1) is 0 Å². The van der Waals surface area contributed by atoms with Gasteiger partial charge in [0.1, 0.15) is 11.5 Å². The summed E-state index contributed by atoms with van der Waals surface area (Å²) < 4.78 is 0. The van der Waals surface area contributed by atoms with Crippen molar-refractivity contribution in [2.75, 3.05) is 11.9 Å². The Bertz CT molecular complexity index is 604. The van der Waals surface area contributed by atoms with Crippen molar-refractivity contribution in [2.45, 2.75) is 19.9 Å².